The lowest BCUT2D eigenvalue weighted by atomic mass is 10.0. The summed E-state index contributed by atoms with van der Waals surface area (Å²) in [5.74, 6) is 0. The Morgan fingerprint density at radius 1 is 1.24 bits per heavy atom. The first-order valence-electron chi connectivity index (χ1n) is 8.67. The second-order valence-electron chi connectivity index (χ2n) is 6.31. The smallest absolute Gasteiger partial charge is 0.243 e. The van der Waals surface area contributed by atoms with Gasteiger partial charge in [0.15, 0.2) is 0 Å². The highest BCUT2D eigenvalue weighted by Gasteiger charge is 2.32. The molecule has 25 heavy (non-hydrogen) atoms. The molecule has 0 unspecified atom stereocenters. The number of aromatic nitrogens is 2. The molecule has 0 amide bonds. The SMILES string of the molecule is CCc1ccc(S(=O)(=O)N2CCO[C@H](c3cnn(C)c3)C2)cc1CC. The summed E-state index contributed by atoms with van der Waals surface area (Å²) in [7, 11) is -1.69. The molecule has 1 atom stereocenters. The van der Waals surface area contributed by atoms with E-state index in [1.165, 1.54) is 9.87 Å². The number of morpholine rings is 1. The summed E-state index contributed by atoms with van der Waals surface area (Å²) in [5.41, 5.74) is 3.20. The molecule has 2 heterocycles. The summed E-state index contributed by atoms with van der Waals surface area (Å²) in [4.78, 5) is 0.369. The highest BCUT2D eigenvalue weighted by Crippen LogP contribution is 2.27. The van der Waals surface area contributed by atoms with Crippen LogP contribution in [-0.2, 0) is 34.6 Å². The van der Waals surface area contributed by atoms with Crippen molar-refractivity contribution in [2.75, 3.05) is 19.7 Å². The lowest BCUT2D eigenvalue weighted by molar-refractivity contribution is -0.00259. The van der Waals surface area contributed by atoms with Crippen molar-refractivity contribution >= 4 is 10.0 Å². The lowest BCUT2D eigenvalue weighted by Crippen LogP contribution is -2.42. The zero-order valence-corrected chi connectivity index (χ0v) is 15.8. The molecule has 1 aromatic heterocycles. The van der Waals surface area contributed by atoms with Crippen LogP contribution in [0.25, 0.3) is 0 Å². The van der Waals surface area contributed by atoms with E-state index in [9.17, 15) is 8.42 Å². The first-order valence-corrected chi connectivity index (χ1v) is 10.1. The van der Waals surface area contributed by atoms with Crippen molar-refractivity contribution in [1.29, 1.82) is 0 Å². The van der Waals surface area contributed by atoms with Gasteiger partial charge < -0.3 is 4.74 Å². The van der Waals surface area contributed by atoms with Gasteiger partial charge in [0.1, 0.15) is 0 Å². The highest BCUT2D eigenvalue weighted by atomic mass is 32.2. The Morgan fingerprint density at radius 3 is 2.64 bits per heavy atom. The van der Waals surface area contributed by atoms with Crippen LogP contribution in [0.4, 0.5) is 0 Å². The third-order valence-corrected chi connectivity index (χ3v) is 6.56. The minimum atomic E-state index is -3.53. The minimum absolute atomic E-state index is 0.280. The van der Waals surface area contributed by atoms with Crippen LogP contribution in [0.2, 0.25) is 0 Å². The molecule has 0 saturated carbocycles. The van der Waals surface area contributed by atoms with E-state index >= 15 is 0 Å². The quantitative estimate of drug-likeness (QED) is 0.818. The molecule has 0 radical (unpaired) electrons. The second-order valence-corrected chi connectivity index (χ2v) is 8.25. The Morgan fingerprint density at radius 2 is 2.00 bits per heavy atom. The fourth-order valence-corrected chi connectivity index (χ4v) is 4.71. The summed E-state index contributed by atoms with van der Waals surface area (Å²) in [5, 5.41) is 4.15. The van der Waals surface area contributed by atoms with Crippen molar-refractivity contribution in [2.45, 2.75) is 37.7 Å². The predicted molar refractivity (Wildman–Crippen MR) is 95.9 cm³/mol. The molecule has 0 aliphatic carbocycles. The van der Waals surface area contributed by atoms with Gasteiger partial charge in [-0.3, -0.25) is 4.68 Å². The molecule has 1 aliphatic rings. The fourth-order valence-electron chi connectivity index (χ4n) is 3.24. The van der Waals surface area contributed by atoms with Crippen LogP contribution in [-0.4, -0.2) is 42.2 Å². The average Bonchev–Trinajstić information content (AvgIpc) is 3.07. The van der Waals surface area contributed by atoms with Crippen LogP contribution >= 0.6 is 0 Å². The molecule has 0 spiro atoms. The van der Waals surface area contributed by atoms with Crippen molar-refractivity contribution in [3.63, 3.8) is 0 Å². The Kier molecular flexibility index (Phi) is 5.27. The van der Waals surface area contributed by atoms with E-state index < -0.39 is 10.0 Å². The van der Waals surface area contributed by atoms with Gasteiger partial charge in [-0.2, -0.15) is 9.40 Å². The van der Waals surface area contributed by atoms with Gasteiger partial charge in [0.2, 0.25) is 10.0 Å². The van der Waals surface area contributed by atoms with Crippen LogP contribution in [0.1, 0.15) is 36.6 Å². The van der Waals surface area contributed by atoms with E-state index in [2.05, 4.69) is 18.9 Å². The topological polar surface area (TPSA) is 64.4 Å². The third kappa shape index (κ3) is 3.63. The van der Waals surface area contributed by atoms with E-state index in [0.29, 0.717) is 24.6 Å². The first-order chi connectivity index (χ1) is 12.0. The average molecular weight is 363 g/mol. The zero-order chi connectivity index (χ0) is 18.0. The van der Waals surface area contributed by atoms with Gasteiger partial charge in [0.25, 0.3) is 0 Å². The van der Waals surface area contributed by atoms with Gasteiger partial charge in [-0.25, -0.2) is 8.42 Å². The van der Waals surface area contributed by atoms with Crippen LogP contribution < -0.4 is 0 Å². The monoisotopic (exact) mass is 363 g/mol. The maximum atomic E-state index is 13.1. The molecular formula is C18H25N3O3S. The lowest BCUT2D eigenvalue weighted by Gasteiger charge is -2.31. The van der Waals surface area contributed by atoms with Crippen molar-refractivity contribution in [1.82, 2.24) is 14.1 Å². The molecule has 6 nitrogen and oxygen atoms in total. The van der Waals surface area contributed by atoms with Crippen LogP contribution in [0.3, 0.4) is 0 Å². The van der Waals surface area contributed by atoms with Crippen molar-refractivity contribution in [2.24, 2.45) is 7.05 Å². The van der Waals surface area contributed by atoms with Gasteiger partial charge in [-0.05, 0) is 36.1 Å². The minimum Gasteiger partial charge on any atom is -0.371 e. The standard InChI is InChI=1S/C18H25N3O3S/c1-4-14-6-7-17(10-15(14)5-2)25(22,23)21-8-9-24-18(13-21)16-11-19-20(3)12-16/h6-7,10-12,18H,4-5,8-9,13H2,1-3H3/t18-/m0/s1. The van der Waals surface area contributed by atoms with E-state index in [1.807, 2.05) is 25.4 Å². The summed E-state index contributed by atoms with van der Waals surface area (Å²) < 4.78 is 35.2. The maximum Gasteiger partial charge on any atom is 0.243 e. The number of ether oxygens (including phenoxy) is 1. The Labute approximate surface area is 149 Å². The van der Waals surface area contributed by atoms with Gasteiger partial charge in [-0.15, -0.1) is 0 Å². The molecule has 3 rings (SSSR count). The number of aryl methyl sites for hydroxylation is 3. The number of hydrogen-bond acceptors (Lipinski definition) is 4. The Balaban J connectivity index is 1.86. The number of hydrogen-bond donors (Lipinski definition) is 0. The van der Waals surface area contributed by atoms with Crippen molar-refractivity contribution in [3.8, 4) is 0 Å². The van der Waals surface area contributed by atoms with E-state index in [4.69, 9.17) is 4.74 Å². The normalized spacial score (nSPS) is 19.2. The summed E-state index contributed by atoms with van der Waals surface area (Å²) in [6, 6.07) is 5.48. The van der Waals surface area contributed by atoms with Gasteiger partial charge >= 0.3 is 0 Å². The Hall–Kier alpha value is -1.70. The van der Waals surface area contributed by atoms with E-state index in [-0.39, 0.29) is 6.10 Å². The molecule has 0 bridgehead atoms. The van der Waals surface area contributed by atoms with Crippen LogP contribution in [0.15, 0.2) is 35.5 Å². The van der Waals surface area contributed by atoms with E-state index in [0.717, 1.165) is 24.0 Å². The van der Waals surface area contributed by atoms with Crippen molar-refractivity contribution < 1.29 is 13.2 Å². The molecule has 1 fully saturated rings. The van der Waals surface area contributed by atoms with Crippen LogP contribution in [0, 0.1) is 0 Å². The molecule has 0 N–H and O–H groups in total. The molecule has 136 valence electrons. The fraction of sp³-hybridized carbons (Fsp3) is 0.500. The van der Waals surface area contributed by atoms with Crippen molar-refractivity contribution in [3.05, 3.63) is 47.3 Å². The zero-order valence-electron chi connectivity index (χ0n) is 15.0. The number of sulfonamides is 1. The summed E-state index contributed by atoms with van der Waals surface area (Å²) in [6.45, 7) is 5.20. The molecule has 1 aliphatic heterocycles. The van der Waals surface area contributed by atoms with Crippen LogP contribution in [0.5, 0.6) is 0 Å². The number of rotatable bonds is 5. The second kappa shape index (κ2) is 7.27. The van der Waals surface area contributed by atoms with Gasteiger partial charge in [-0.1, -0.05) is 19.9 Å². The molecule has 1 aromatic carbocycles. The largest absolute Gasteiger partial charge is 0.371 e. The number of nitrogens with zero attached hydrogens (tertiary/aromatic N) is 3. The molecule has 1 saturated heterocycles. The maximum absolute atomic E-state index is 13.1. The number of benzene rings is 1. The predicted octanol–water partition coefficient (Wildman–Crippen LogP) is 2.31. The first kappa shape index (κ1) is 18.1. The summed E-state index contributed by atoms with van der Waals surface area (Å²) in [6.07, 6.45) is 5.05. The third-order valence-electron chi connectivity index (χ3n) is 4.70. The van der Waals surface area contributed by atoms with Gasteiger partial charge in [0, 0.05) is 31.9 Å². The molecular weight excluding hydrogens is 338 g/mol. The molecule has 2 aromatic rings. The van der Waals surface area contributed by atoms with Gasteiger partial charge in [0.05, 0.1) is 23.8 Å². The molecule has 7 heteroatoms. The van der Waals surface area contributed by atoms with E-state index in [1.54, 1.807) is 16.9 Å². The highest BCUT2D eigenvalue weighted by molar-refractivity contribution is 7.89. The summed E-state index contributed by atoms with van der Waals surface area (Å²) >= 11 is 0. The Bertz CT molecular complexity index is 845.